The predicted molar refractivity (Wildman–Crippen MR) is 133 cm³/mol. The lowest BCUT2D eigenvalue weighted by Crippen LogP contribution is -2.34. The summed E-state index contributed by atoms with van der Waals surface area (Å²) in [5.74, 6) is -0.334. The molecule has 0 bridgehead atoms. The van der Waals surface area contributed by atoms with Gasteiger partial charge in [-0.05, 0) is 74.0 Å². The first kappa shape index (κ1) is 24.6. The lowest BCUT2D eigenvalue weighted by atomic mass is 10.1. The zero-order valence-electron chi connectivity index (χ0n) is 17.7. The Morgan fingerprint density at radius 2 is 1.48 bits per heavy atom. The van der Waals surface area contributed by atoms with Crippen molar-refractivity contribution in [3.8, 4) is 5.75 Å². The van der Waals surface area contributed by atoms with Crippen LogP contribution in [-0.2, 0) is 4.79 Å². The Bertz CT molecular complexity index is 1180. The molecule has 0 aliphatic heterocycles. The van der Waals surface area contributed by atoms with Crippen molar-refractivity contribution in [1.82, 2.24) is 5.43 Å². The second-order valence-corrected chi connectivity index (χ2v) is 8.33. The third-order valence-electron chi connectivity index (χ3n) is 4.57. The average molecular weight is 505 g/mol. The standard InChI is InChI=1S/C24H20Cl3N3O3/c1-14(29-30-23(31)15(2)33-22-12-9-19(26)13-21(22)27)16-5-10-20(11-6-16)28-24(32)17-3-7-18(25)8-4-17/h3-13,15H,1-2H3,(H,28,32)(H,30,31). The highest BCUT2D eigenvalue weighted by molar-refractivity contribution is 6.35. The van der Waals surface area contributed by atoms with E-state index >= 15 is 0 Å². The van der Waals surface area contributed by atoms with E-state index in [1.54, 1.807) is 74.5 Å². The van der Waals surface area contributed by atoms with Crippen LogP contribution in [0.1, 0.15) is 29.8 Å². The fourth-order valence-corrected chi connectivity index (χ4v) is 3.29. The van der Waals surface area contributed by atoms with Gasteiger partial charge in [-0.3, -0.25) is 9.59 Å². The molecule has 2 amide bonds. The second kappa shape index (κ2) is 11.2. The van der Waals surface area contributed by atoms with Gasteiger partial charge in [-0.25, -0.2) is 5.43 Å². The van der Waals surface area contributed by atoms with Crippen molar-refractivity contribution in [2.45, 2.75) is 20.0 Å². The van der Waals surface area contributed by atoms with E-state index < -0.39 is 12.0 Å². The van der Waals surface area contributed by atoms with Crippen molar-refractivity contribution in [3.63, 3.8) is 0 Å². The first-order valence-corrected chi connectivity index (χ1v) is 11.0. The normalized spacial score (nSPS) is 12.1. The summed E-state index contributed by atoms with van der Waals surface area (Å²) in [6.07, 6.45) is -0.828. The first-order chi connectivity index (χ1) is 15.7. The molecular formula is C24H20Cl3N3O3. The number of carbonyl (C=O) groups excluding carboxylic acids is 2. The molecule has 6 nitrogen and oxygen atoms in total. The van der Waals surface area contributed by atoms with Crippen molar-refractivity contribution in [2.24, 2.45) is 5.10 Å². The Hall–Kier alpha value is -3.06. The molecule has 0 spiro atoms. The lowest BCUT2D eigenvalue weighted by molar-refractivity contribution is -0.127. The Morgan fingerprint density at radius 3 is 2.12 bits per heavy atom. The Morgan fingerprint density at radius 1 is 0.879 bits per heavy atom. The molecule has 3 aromatic carbocycles. The van der Waals surface area contributed by atoms with Crippen LogP contribution in [0.15, 0.2) is 71.8 Å². The van der Waals surface area contributed by atoms with Crippen molar-refractivity contribution in [1.29, 1.82) is 0 Å². The number of carbonyl (C=O) groups is 2. The number of hydrogen-bond donors (Lipinski definition) is 2. The SMILES string of the molecule is CC(=NNC(=O)C(C)Oc1ccc(Cl)cc1Cl)c1ccc(NC(=O)c2ccc(Cl)cc2)cc1. The Labute approximate surface area is 206 Å². The maximum atomic E-state index is 12.3. The third-order valence-corrected chi connectivity index (χ3v) is 5.35. The molecule has 0 radical (unpaired) electrons. The van der Waals surface area contributed by atoms with Crippen molar-refractivity contribution in [2.75, 3.05) is 5.32 Å². The molecule has 33 heavy (non-hydrogen) atoms. The molecule has 0 aromatic heterocycles. The average Bonchev–Trinajstić information content (AvgIpc) is 2.79. The second-order valence-electron chi connectivity index (χ2n) is 7.05. The highest BCUT2D eigenvalue weighted by atomic mass is 35.5. The number of anilines is 1. The quantitative estimate of drug-likeness (QED) is 0.297. The molecule has 0 fully saturated rings. The fraction of sp³-hybridized carbons (Fsp3) is 0.125. The van der Waals surface area contributed by atoms with E-state index in [0.717, 1.165) is 5.56 Å². The summed E-state index contributed by atoms with van der Waals surface area (Å²) in [5, 5.41) is 8.28. The van der Waals surface area contributed by atoms with E-state index in [1.807, 2.05) is 0 Å². The van der Waals surface area contributed by atoms with Crippen molar-refractivity contribution in [3.05, 3.63) is 92.9 Å². The first-order valence-electron chi connectivity index (χ1n) is 9.86. The zero-order chi connectivity index (χ0) is 24.0. The molecule has 1 atom stereocenters. The summed E-state index contributed by atoms with van der Waals surface area (Å²) in [4.78, 5) is 24.6. The minimum atomic E-state index is -0.828. The van der Waals surface area contributed by atoms with Crippen LogP contribution >= 0.6 is 34.8 Å². The number of hydrazone groups is 1. The van der Waals surface area contributed by atoms with Crippen LogP contribution in [0.25, 0.3) is 0 Å². The van der Waals surface area contributed by atoms with Gasteiger partial charge in [-0.15, -0.1) is 0 Å². The monoisotopic (exact) mass is 503 g/mol. The van der Waals surface area contributed by atoms with E-state index in [9.17, 15) is 9.59 Å². The van der Waals surface area contributed by atoms with E-state index in [-0.39, 0.29) is 5.91 Å². The van der Waals surface area contributed by atoms with Crippen LogP contribution in [0.4, 0.5) is 5.69 Å². The summed E-state index contributed by atoms with van der Waals surface area (Å²) in [6, 6.07) is 18.4. The molecule has 9 heteroatoms. The van der Waals surface area contributed by atoms with Crippen LogP contribution < -0.4 is 15.5 Å². The molecule has 0 aliphatic rings. The minimum Gasteiger partial charge on any atom is -0.479 e. The molecule has 0 saturated carbocycles. The number of halogens is 3. The number of rotatable bonds is 7. The predicted octanol–water partition coefficient (Wildman–Crippen LogP) is 6.21. The zero-order valence-corrected chi connectivity index (χ0v) is 20.0. The number of ether oxygens (including phenoxy) is 1. The van der Waals surface area contributed by atoms with Gasteiger partial charge in [0.25, 0.3) is 11.8 Å². The van der Waals surface area contributed by atoms with E-state index in [0.29, 0.717) is 37.8 Å². The topological polar surface area (TPSA) is 79.8 Å². The third kappa shape index (κ3) is 6.96. The van der Waals surface area contributed by atoms with E-state index in [1.165, 1.54) is 6.07 Å². The van der Waals surface area contributed by atoms with Crippen LogP contribution in [0, 0.1) is 0 Å². The molecule has 2 N–H and O–H groups in total. The molecular weight excluding hydrogens is 485 g/mol. The molecule has 1 unspecified atom stereocenters. The number of benzene rings is 3. The Balaban J connectivity index is 1.56. The van der Waals surface area contributed by atoms with Gasteiger partial charge >= 0.3 is 0 Å². The molecule has 3 rings (SSSR count). The molecule has 0 saturated heterocycles. The summed E-state index contributed by atoms with van der Waals surface area (Å²) in [6.45, 7) is 3.34. The van der Waals surface area contributed by atoms with Gasteiger partial charge in [0.15, 0.2) is 6.10 Å². The Kier molecular flexibility index (Phi) is 8.33. The minimum absolute atomic E-state index is 0.244. The summed E-state index contributed by atoms with van der Waals surface area (Å²) in [7, 11) is 0. The molecule has 0 aliphatic carbocycles. The van der Waals surface area contributed by atoms with E-state index in [2.05, 4.69) is 15.8 Å². The van der Waals surface area contributed by atoms with Gasteiger partial charge in [0.1, 0.15) is 5.75 Å². The number of amides is 2. The van der Waals surface area contributed by atoms with Gasteiger partial charge in [-0.1, -0.05) is 46.9 Å². The fourth-order valence-electron chi connectivity index (χ4n) is 2.71. The largest absolute Gasteiger partial charge is 0.479 e. The smallest absolute Gasteiger partial charge is 0.280 e. The van der Waals surface area contributed by atoms with Gasteiger partial charge in [0.05, 0.1) is 10.7 Å². The van der Waals surface area contributed by atoms with Crippen LogP contribution in [0.3, 0.4) is 0 Å². The maximum absolute atomic E-state index is 12.3. The lowest BCUT2D eigenvalue weighted by Gasteiger charge is -2.14. The van der Waals surface area contributed by atoms with E-state index in [4.69, 9.17) is 39.5 Å². The van der Waals surface area contributed by atoms with Crippen molar-refractivity contribution < 1.29 is 14.3 Å². The molecule has 170 valence electrons. The van der Waals surface area contributed by atoms with Gasteiger partial charge < -0.3 is 10.1 Å². The highest BCUT2D eigenvalue weighted by Crippen LogP contribution is 2.28. The molecule has 0 heterocycles. The van der Waals surface area contributed by atoms with Gasteiger partial charge in [-0.2, -0.15) is 5.10 Å². The summed E-state index contributed by atoms with van der Waals surface area (Å²) < 4.78 is 5.58. The highest BCUT2D eigenvalue weighted by Gasteiger charge is 2.16. The summed E-state index contributed by atoms with van der Waals surface area (Å²) in [5.41, 5.74) is 4.95. The van der Waals surface area contributed by atoms with Crippen molar-refractivity contribution >= 4 is 58.0 Å². The van der Waals surface area contributed by atoms with Crippen LogP contribution in [0.2, 0.25) is 15.1 Å². The molecule has 3 aromatic rings. The van der Waals surface area contributed by atoms with Gasteiger partial charge in [0.2, 0.25) is 0 Å². The van der Waals surface area contributed by atoms with Gasteiger partial charge in [0, 0.05) is 21.3 Å². The number of nitrogens with zero attached hydrogens (tertiary/aromatic N) is 1. The maximum Gasteiger partial charge on any atom is 0.280 e. The van der Waals surface area contributed by atoms with Crippen LogP contribution in [-0.4, -0.2) is 23.6 Å². The summed E-state index contributed by atoms with van der Waals surface area (Å²) >= 11 is 17.8. The number of nitrogens with one attached hydrogen (secondary N) is 2. The number of hydrogen-bond acceptors (Lipinski definition) is 4. The van der Waals surface area contributed by atoms with Crippen LogP contribution in [0.5, 0.6) is 5.75 Å².